The van der Waals surface area contributed by atoms with Gasteiger partial charge < -0.3 is 0 Å². The SMILES string of the molecule is C=C/C(=C\C(C)=C/C)C(C)=O.CC. The average molecular weight is 180 g/mol. The molecule has 0 saturated heterocycles. The lowest BCUT2D eigenvalue weighted by molar-refractivity contribution is -0.113. The first-order valence-corrected chi connectivity index (χ1v) is 4.59. The molecule has 0 aromatic carbocycles. The van der Waals surface area contributed by atoms with Crippen LogP contribution in [0.4, 0.5) is 0 Å². The fourth-order valence-electron chi connectivity index (χ4n) is 0.633. The molecular formula is C12H20O. The quantitative estimate of drug-likeness (QED) is 0.478. The second kappa shape index (κ2) is 8.98. The van der Waals surface area contributed by atoms with Crippen LogP contribution in [0.1, 0.15) is 34.6 Å². The van der Waals surface area contributed by atoms with E-state index in [1.807, 2.05) is 39.8 Å². The van der Waals surface area contributed by atoms with Gasteiger partial charge in [-0.1, -0.05) is 38.2 Å². The Hall–Kier alpha value is -1.11. The number of ketones is 1. The van der Waals surface area contributed by atoms with E-state index in [0.29, 0.717) is 5.57 Å². The second-order valence-corrected chi connectivity index (χ2v) is 2.39. The van der Waals surface area contributed by atoms with Crippen molar-refractivity contribution in [3.05, 3.63) is 36.0 Å². The molecular weight excluding hydrogens is 160 g/mol. The van der Waals surface area contributed by atoms with Gasteiger partial charge in [0.2, 0.25) is 0 Å². The van der Waals surface area contributed by atoms with Crippen molar-refractivity contribution in [2.75, 3.05) is 0 Å². The van der Waals surface area contributed by atoms with Crippen molar-refractivity contribution < 1.29 is 4.79 Å². The monoisotopic (exact) mass is 180 g/mol. The molecule has 0 fully saturated rings. The molecule has 0 radical (unpaired) electrons. The Morgan fingerprint density at radius 3 is 1.92 bits per heavy atom. The Morgan fingerprint density at radius 2 is 1.69 bits per heavy atom. The molecule has 0 aliphatic heterocycles. The van der Waals surface area contributed by atoms with Crippen molar-refractivity contribution in [2.45, 2.75) is 34.6 Å². The van der Waals surface area contributed by atoms with Gasteiger partial charge in [-0.15, -0.1) is 0 Å². The lowest BCUT2D eigenvalue weighted by Gasteiger charge is -1.94. The first kappa shape index (κ1) is 14.4. The maximum Gasteiger partial charge on any atom is 0.159 e. The molecule has 1 heteroatoms. The third kappa shape index (κ3) is 7.26. The second-order valence-electron chi connectivity index (χ2n) is 2.39. The largest absolute Gasteiger partial charge is 0.295 e. The highest BCUT2D eigenvalue weighted by Gasteiger charge is 1.96. The molecule has 0 amide bonds. The summed E-state index contributed by atoms with van der Waals surface area (Å²) < 4.78 is 0. The molecule has 13 heavy (non-hydrogen) atoms. The minimum Gasteiger partial charge on any atom is -0.295 e. The minimum atomic E-state index is 0.0567. The Morgan fingerprint density at radius 1 is 1.23 bits per heavy atom. The smallest absolute Gasteiger partial charge is 0.159 e. The first-order chi connectivity index (χ1) is 6.11. The molecule has 0 spiro atoms. The van der Waals surface area contributed by atoms with Crippen LogP contribution in [0, 0.1) is 0 Å². The number of carbonyl (C=O) groups is 1. The van der Waals surface area contributed by atoms with Gasteiger partial charge >= 0.3 is 0 Å². The van der Waals surface area contributed by atoms with E-state index >= 15 is 0 Å². The number of carbonyl (C=O) groups excluding carboxylic acids is 1. The predicted octanol–water partition coefficient (Wildman–Crippen LogP) is 3.68. The van der Waals surface area contributed by atoms with Crippen LogP contribution >= 0.6 is 0 Å². The van der Waals surface area contributed by atoms with Crippen molar-refractivity contribution in [1.82, 2.24) is 0 Å². The third-order valence-electron chi connectivity index (χ3n) is 1.46. The van der Waals surface area contributed by atoms with Gasteiger partial charge in [-0.3, -0.25) is 4.79 Å². The van der Waals surface area contributed by atoms with E-state index in [2.05, 4.69) is 6.58 Å². The van der Waals surface area contributed by atoms with Gasteiger partial charge in [0.15, 0.2) is 5.78 Å². The Balaban J connectivity index is 0. The van der Waals surface area contributed by atoms with Crippen LogP contribution < -0.4 is 0 Å². The van der Waals surface area contributed by atoms with Crippen molar-refractivity contribution in [1.29, 1.82) is 0 Å². The zero-order valence-electron chi connectivity index (χ0n) is 9.35. The van der Waals surface area contributed by atoms with Crippen molar-refractivity contribution in [3.63, 3.8) is 0 Å². The van der Waals surface area contributed by atoms with Crippen LogP contribution in [0.2, 0.25) is 0 Å². The van der Waals surface area contributed by atoms with Gasteiger partial charge in [-0.25, -0.2) is 0 Å². The molecule has 1 nitrogen and oxygen atoms in total. The molecule has 0 unspecified atom stereocenters. The normalized spacial score (nSPS) is 11.5. The number of hydrogen-bond acceptors (Lipinski definition) is 1. The lowest BCUT2D eigenvalue weighted by atomic mass is 10.1. The molecule has 0 heterocycles. The highest BCUT2D eigenvalue weighted by molar-refractivity contribution is 5.96. The highest BCUT2D eigenvalue weighted by Crippen LogP contribution is 2.03. The van der Waals surface area contributed by atoms with Crippen LogP contribution in [-0.2, 0) is 4.79 Å². The standard InChI is InChI=1S/C10H14O.C2H6/c1-5-8(3)7-10(6-2)9(4)11;1-2/h5-7H,2H2,1,3-4H3;1-2H3/b8-5-,10-7+;. The summed E-state index contributed by atoms with van der Waals surface area (Å²) in [6.45, 7) is 13.0. The van der Waals surface area contributed by atoms with Gasteiger partial charge in [0.05, 0.1) is 0 Å². The summed E-state index contributed by atoms with van der Waals surface area (Å²) >= 11 is 0. The molecule has 0 bridgehead atoms. The van der Waals surface area contributed by atoms with Crippen molar-refractivity contribution in [2.24, 2.45) is 0 Å². The number of hydrogen-bond donors (Lipinski definition) is 0. The molecule has 0 aliphatic rings. The molecule has 0 rings (SSSR count). The summed E-state index contributed by atoms with van der Waals surface area (Å²) in [5.41, 5.74) is 1.75. The number of allylic oxidation sites excluding steroid dienone is 5. The average Bonchev–Trinajstić information content (AvgIpc) is 2.16. The van der Waals surface area contributed by atoms with Crippen LogP contribution in [0.25, 0.3) is 0 Å². The van der Waals surface area contributed by atoms with Crippen LogP contribution in [0.15, 0.2) is 36.0 Å². The topological polar surface area (TPSA) is 17.1 Å². The van der Waals surface area contributed by atoms with E-state index in [4.69, 9.17) is 0 Å². The highest BCUT2D eigenvalue weighted by atomic mass is 16.1. The van der Waals surface area contributed by atoms with Crippen LogP contribution in [-0.4, -0.2) is 5.78 Å². The summed E-state index contributed by atoms with van der Waals surface area (Å²) in [7, 11) is 0. The summed E-state index contributed by atoms with van der Waals surface area (Å²) in [5.74, 6) is 0.0567. The van der Waals surface area contributed by atoms with Gasteiger partial charge in [0, 0.05) is 5.57 Å². The van der Waals surface area contributed by atoms with E-state index in [1.165, 1.54) is 6.92 Å². The van der Waals surface area contributed by atoms with Crippen LogP contribution in [0.5, 0.6) is 0 Å². The summed E-state index contributed by atoms with van der Waals surface area (Å²) in [6, 6.07) is 0. The molecule has 0 saturated carbocycles. The van der Waals surface area contributed by atoms with Crippen LogP contribution in [0.3, 0.4) is 0 Å². The Kier molecular flexibility index (Phi) is 9.96. The molecule has 74 valence electrons. The molecule has 0 aliphatic carbocycles. The fraction of sp³-hybridized carbons (Fsp3) is 0.417. The Bertz CT molecular complexity index is 219. The summed E-state index contributed by atoms with van der Waals surface area (Å²) in [5, 5.41) is 0. The first-order valence-electron chi connectivity index (χ1n) is 4.59. The Labute approximate surface area is 81.9 Å². The van der Waals surface area contributed by atoms with E-state index in [0.717, 1.165) is 5.57 Å². The number of rotatable bonds is 3. The number of Topliss-reactive ketones (excluding diaryl/α,β-unsaturated/α-hetero) is 1. The van der Waals surface area contributed by atoms with Crippen molar-refractivity contribution >= 4 is 5.78 Å². The van der Waals surface area contributed by atoms with E-state index in [9.17, 15) is 4.79 Å². The van der Waals surface area contributed by atoms with E-state index in [1.54, 1.807) is 6.08 Å². The van der Waals surface area contributed by atoms with Gasteiger partial charge in [-0.2, -0.15) is 0 Å². The van der Waals surface area contributed by atoms with Gasteiger partial charge in [0.1, 0.15) is 0 Å². The van der Waals surface area contributed by atoms with Gasteiger partial charge in [-0.05, 0) is 26.8 Å². The molecule has 0 atom stereocenters. The summed E-state index contributed by atoms with van der Waals surface area (Å²) in [6.07, 6.45) is 5.36. The molecule has 0 aromatic heterocycles. The summed E-state index contributed by atoms with van der Waals surface area (Å²) in [4.78, 5) is 10.9. The maximum absolute atomic E-state index is 10.9. The molecule has 0 aromatic rings. The fourth-order valence-corrected chi connectivity index (χ4v) is 0.633. The maximum atomic E-state index is 10.9. The zero-order chi connectivity index (χ0) is 10.9. The van der Waals surface area contributed by atoms with E-state index < -0.39 is 0 Å². The predicted molar refractivity (Wildman–Crippen MR) is 59.7 cm³/mol. The van der Waals surface area contributed by atoms with Crippen molar-refractivity contribution in [3.8, 4) is 0 Å². The third-order valence-corrected chi connectivity index (χ3v) is 1.46. The van der Waals surface area contributed by atoms with E-state index in [-0.39, 0.29) is 5.78 Å². The lowest BCUT2D eigenvalue weighted by Crippen LogP contribution is -1.92. The molecule has 0 N–H and O–H groups in total. The zero-order valence-corrected chi connectivity index (χ0v) is 9.35. The van der Waals surface area contributed by atoms with Gasteiger partial charge in [0.25, 0.3) is 0 Å². The minimum absolute atomic E-state index is 0.0567.